The van der Waals surface area contributed by atoms with Crippen molar-refractivity contribution in [3.63, 3.8) is 0 Å². The van der Waals surface area contributed by atoms with Gasteiger partial charge in [-0.1, -0.05) is 170 Å². The normalized spacial score (nSPS) is 12.1. The van der Waals surface area contributed by atoms with E-state index in [0.29, 0.717) is 17.1 Å². The van der Waals surface area contributed by atoms with Gasteiger partial charge in [-0.3, -0.25) is 0 Å². The summed E-state index contributed by atoms with van der Waals surface area (Å²) in [5.41, 5.74) is 13.2. The van der Waals surface area contributed by atoms with Crippen LogP contribution in [0.1, 0.15) is 11.1 Å². The molecule has 308 valence electrons. The molecule has 0 atom stereocenters. The van der Waals surface area contributed by atoms with Gasteiger partial charge in [0.15, 0.2) is 0 Å². The van der Waals surface area contributed by atoms with Gasteiger partial charge in [0.05, 0.1) is 11.4 Å². The molecule has 0 aromatic heterocycles. The number of anilines is 6. The zero-order valence-corrected chi connectivity index (χ0v) is 35.4. The maximum absolute atomic E-state index is 9.83. The maximum Gasteiger partial charge on any atom is 0.137 e. The number of hydrogen-bond acceptors (Lipinski definition) is 5. The second-order valence-corrected chi connectivity index (χ2v) is 15.2. The van der Waals surface area contributed by atoms with Gasteiger partial charge in [0.2, 0.25) is 0 Å². The molecule has 5 heteroatoms. The molecule has 0 saturated heterocycles. The molecular formula is C60H42N4O. The van der Waals surface area contributed by atoms with Crippen LogP contribution in [0.2, 0.25) is 0 Å². The van der Waals surface area contributed by atoms with Crippen molar-refractivity contribution in [3.8, 4) is 34.4 Å². The lowest BCUT2D eigenvalue weighted by atomic mass is 10.0. The van der Waals surface area contributed by atoms with Crippen LogP contribution in [0, 0.1) is 22.7 Å². The van der Waals surface area contributed by atoms with Crippen molar-refractivity contribution in [2.24, 2.45) is 0 Å². The van der Waals surface area contributed by atoms with Crippen LogP contribution < -0.4 is 9.80 Å². The fraction of sp³-hybridized carbons (Fsp3) is 0. The lowest BCUT2D eigenvalue weighted by Gasteiger charge is -2.28. The van der Waals surface area contributed by atoms with Gasteiger partial charge in [0.1, 0.15) is 29.2 Å². The zero-order valence-electron chi connectivity index (χ0n) is 35.4. The van der Waals surface area contributed by atoms with E-state index in [4.69, 9.17) is 4.74 Å². The van der Waals surface area contributed by atoms with Crippen molar-refractivity contribution >= 4 is 46.3 Å². The largest absolute Gasteiger partial charge is 0.457 e. The van der Waals surface area contributed by atoms with Crippen LogP contribution in [0.15, 0.2) is 265 Å². The van der Waals surface area contributed by atoms with E-state index in [2.05, 4.69) is 204 Å². The van der Waals surface area contributed by atoms with Gasteiger partial charge in [0.25, 0.3) is 0 Å². The molecule has 1 aliphatic heterocycles. The summed E-state index contributed by atoms with van der Waals surface area (Å²) < 4.78 is 6.34. The van der Waals surface area contributed by atoms with E-state index in [9.17, 15) is 10.5 Å². The average molecular weight is 835 g/mol. The van der Waals surface area contributed by atoms with Crippen molar-refractivity contribution in [1.29, 1.82) is 10.5 Å². The van der Waals surface area contributed by atoms with Crippen LogP contribution in [0.25, 0.3) is 34.4 Å². The highest BCUT2D eigenvalue weighted by Gasteiger charge is 2.19. The molecule has 0 radical (unpaired) electrons. The third-order valence-corrected chi connectivity index (χ3v) is 11.0. The molecule has 0 unspecified atom stereocenters. The summed E-state index contributed by atoms with van der Waals surface area (Å²) in [6.45, 7) is 0. The Morgan fingerprint density at radius 2 is 0.708 bits per heavy atom. The summed E-state index contributed by atoms with van der Waals surface area (Å²) in [7, 11) is 0. The van der Waals surface area contributed by atoms with E-state index in [1.165, 1.54) is 0 Å². The Balaban J connectivity index is 0.964. The zero-order chi connectivity index (χ0) is 44.2. The molecule has 1 heterocycles. The Morgan fingerprint density at radius 1 is 0.369 bits per heavy atom. The Bertz CT molecular complexity index is 2940. The summed E-state index contributed by atoms with van der Waals surface area (Å²) in [6, 6.07) is 79.3. The molecule has 8 aromatic carbocycles. The third kappa shape index (κ3) is 9.52. The van der Waals surface area contributed by atoms with Crippen molar-refractivity contribution in [1.82, 2.24) is 0 Å². The molecule has 0 spiro atoms. The van der Waals surface area contributed by atoms with Crippen molar-refractivity contribution < 1.29 is 4.74 Å². The average Bonchev–Trinajstić information content (AvgIpc) is 3.38. The number of hydrogen-bond donors (Lipinski definition) is 0. The van der Waals surface area contributed by atoms with Gasteiger partial charge < -0.3 is 14.5 Å². The van der Waals surface area contributed by atoms with E-state index < -0.39 is 0 Å². The number of ether oxygens (including phenoxy) is 1. The molecule has 0 aliphatic carbocycles. The van der Waals surface area contributed by atoms with Crippen LogP contribution in [-0.2, 0) is 4.74 Å². The van der Waals surface area contributed by atoms with Crippen LogP contribution in [-0.4, -0.2) is 0 Å². The minimum Gasteiger partial charge on any atom is -0.457 e. The smallest absolute Gasteiger partial charge is 0.137 e. The minimum atomic E-state index is 0.00683. The van der Waals surface area contributed by atoms with Gasteiger partial charge in [-0.05, 0) is 107 Å². The first-order chi connectivity index (χ1) is 32.1. The maximum atomic E-state index is 9.83. The van der Waals surface area contributed by atoms with Crippen LogP contribution in [0.5, 0.6) is 0 Å². The van der Waals surface area contributed by atoms with Gasteiger partial charge in [-0.15, -0.1) is 0 Å². The van der Waals surface area contributed by atoms with Crippen LogP contribution >= 0.6 is 0 Å². The third-order valence-electron chi connectivity index (χ3n) is 11.0. The Labute approximate surface area is 380 Å². The predicted molar refractivity (Wildman–Crippen MR) is 267 cm³/mol. The lowest BCUT2D eigenvalue weighted by molar-refractivity contribution is 0.332. The van der Waals surface area contributed by atoms with E-state index in [-0.39, 0.29) is 5.57 Å². The highest BCUT2D eigenvalue weighted by molar-refractivity contribution is 5.89. The van der Waals surface area contributed by atoms with Gasteiger partial charge >= 0.3 is 0 Å². The fourth-order valence-corrected chi connectivity index (χ4v) is 7.90. The topological polar surface area (TPSA) is 63.3 Å². The first-order valence-electron chi connectivity index (χ1n) is 21.4. The Kier molecular flexibility index (Phi) is 12.5. The van der Waals surface area contributed by atoms with Crippen molar-refractivity contribution in [2.45, 2.75) is 0 Å². The summed E-state index contributed by atoms with van der Waals surface area (Å²) in [5.74, 6) is 1.01. The number of benzene rings is 8. The first-order valence-corrected chi connectivity index (χ1v) is 21.4. The number of para-hydroxylation sites is 4. The molecule has 9 rings (SSSR count). The molecule has 8 aromatic rings. The second-order valence-electron chi connectivity index (χ2n) is 15.2. The standard InChI is InChI=1S/C60H42N4O/c61-43-50(44-62)49-41-55(39-33-45-29-35-53(36-30-45)63(51-21-9-3-10-22-51)59-27-15-13-25-57(59)47-17-5-1-6-18-47)65-56(42-49)40-34-46-31-37-54(38-32-46)64(52-23-11-4-12-24-52)60-28-16-14-26-58(60)48-19-7-2-8-20-48/h1-42H/b39-33+,40-34+. The first kappa shape index (κ1) is 41.2. The van der Waals surface area contributed by atoms with E-state index in [1.54, 1.807) is 12.2 Å². The molecule has 1 aliphatic rings. The SMILES string of the molecule is N#CC(C#N)=C1C=C(/C=C/c2ccc(N(c3ccccc3)c3ccccc3-c3ccccc3)cc2)OC(/C=C/c2ccc(N(c3ccccc3)c3ccccc3-c3ccccc3)cc2)=C1. The molecular weight excluding hydrogens is 793 g/mol. The number of nitriles is 2. The fourth-order valence-electron chi connectivity index (χ4n) is 7.90. The van der Waals surface area contributed by atoms with Gasteiger partial charge in [-0.25, -0.2) is 0 Å². The highest BCUT2D eigenvalue weighted by atomic mass is 16.5. The molecule has 65 heavy (non-hydrogen) atoms. The summed E-state index contributed by atoms with van der Waals surface area (Å²) >= 11 is 0. The highest BCUT2D eigenvalue weighted by Crippen LogP contribution is 2.42. The monoisotopic (exact) mass is 834 g/mol. The molecule has 0 amide bonds. The number of nitrogens with zero attached hydrogens (tertiary/aromatic N) is 4. The van der Waals surface area contributed by atoms with Gasteiger partial charge in [0, 0.05) is 39.4 Å². The summed E-state index contributed by atoms with van der Waals surface area (Å²) in [4.78, 5) is 4.54. The summed E-state index contributed by atoms with van der Waals surface area (Å²) in [6.07, 6.45) is 11.1. The number of allylic oxidation sites excluding steroid dienone is 6. The van der Waals surface area contributed by atoms with Crippen LogP contribution in [0.3, 0.4) is 0 Å². The second kappa shape index (κ2) is 19.7. The lowest BCUT2D eigenvalue weighted by Crippen LogP contribution is -2.11. The summed E-state index contributed by atoms with van der Waals surface area (Å²) in [5, 5.41) is 19.7. The molecule has 0 fully saturated rings. The minimum absolute atomic E-state index is 0.00683. The Morgan fingerprint density at radius 3 is 1.09 bits per heavy atom. The van der Waals surface area contributed by atoms with E-state index >= 15 is 0 Å². The molecule has 0 bridgehead atoms. The predicted octanol–water partition coefficient (Wildman–Crippen LogP) is 15.8. The molecule has 0 N–H and O–H groups in total. The van der Waals surface area contributed by atoms with Crippen molar-refractivity contribution in [3.05, 3.63) is 276 Å². The van der Waals surface area contributed by atoms with Crippen molar-refractivity contribution in [2.75, 3.05) is 9.80 Å². The molecule has 5 nitrogen and oxygen atoms in total. The van der Waals surface area contributed by atoms with Crippen LogP contribution in [0.4, 0.5) is 34.1 Å². The van der Waals surface area contributed by atoms with E-state index in [1.807, 2.05) is 60.7 Å². The van der Waals surface area contributed by atoms with Gasteiger partial charge in [-0.2, -0.15) is 10.5 Å². The quantitative estimate of drug-likeness (QED) is 0.115. The Hall–Kier alpha value is -9.16. The molecule has 0 saturated carbocycles. The number of rotatable bonds is 12. The van der Waals surface area contributed by atoms with E-state index in [0.717, 1.165) is 67.5 Å².